The van der Waals surface area contributed by atoms with E-state index in [1.165, 1.54) is 6.92 Å². The van der Waals surface area contributed by atoms with Crippen LogP contribution in [-0.2, 0) is 9.53 Å². The number of carbonyl (C=O) groups is 2. The van der Waals surface area contributed by atoms with Crippen molar-refractivity contribution in [2.45, 2.75) is 25.9 Å². The van der Waals surface area contributed by atoms with Crippen LogP contribution in [0, 0.1) is 0 Å². The molecule has 7 nitrogen and oxygen atoms in total. The van der Waals surface area contributed by atoms with Crippen molar-refractivity contribution in [3.63, 3.8) is 0 Å². The Balaban J connectivity index is 1.43. The summed E-state index contributed by atoms with van der Waals surface area (Å²) in [5, 5.41) is 5.62. The lowest BCUT2D eigenvalue weighted by Gasteiger charge is -2.35. The van der Waals surface area contributed by atoms with Gasteiger partial charge in [0.25, 0.3) is 0 Å². The second kappa shape index (κ2) is 8.31. The zero-order valence-corrected chi connectivity index (χ0v) is 14.7. The minimum Gasteiger partial charge on any atom is -0.377 e. The molecule has 3 rings (SSSR count). The summed E-state index contributed by atoms with van der Waals surface area (Å²) in [6, 6.07) is 7.05. The number of hydrogen-bond acceptors (Lipinski definition) is 4. The van der Waals surface area contributed by atoms with Crippen molar-refractivity contribution in [1.29, 1.82) is 0 Å². The molecule has 2 saturated heterocycles. The van der Waals surface area contributed by atoms with Crippen LogP contribution in [0.25, 0.3) is 0 Å². The molecule has 2 aliphatic rings. The van der Waals surface area contributed by atoms with E-state index in [0.29, 0.717) is 11.8 Å². The van der Waals surface area contributed by atoms with Crippen LogP contribution in [0.4, 0.5) is 16.2 Å². The van der Waals surface area contributed by atoms with E-state index in [2.05, 4.69) is 15.5 Å². The lowest BCUT2D eigenvalue weighted by molar-refractivity contribution is -0.114. The third kappa shape index (κ3) is 5.17. The van der Waals surface area contributed by atoms with Gasteiger partial charge in [0.1, 0.15) is 0 Å². The zero-order valence-electron chi connectivity index (χ0n) is 14.7. The molecule has 2 N–H and O–H groups in total. The van der Waals surface area contributed by atoms with Gasteiger partial charge in [-0.3, -0.25) is 9.69 Å². The van der Waals surface area contributed by atoms with Crippen LogP contribution >= 0.6 is 0 Å². The maximum atomic E-state index is 12.4. The molecular weight excluding hydrogens is 320 g/mol. The number of anilines is 2. The van der Waals surface area contributed by atoms with E-state index in [9.17, 15) is 9.59 Å². The summed E-state index contributed by atoms with van der Waals surface area (Å²) in [6.45, 7) is 6.54. The predicted octanol–water partition coefficient (Wildman–Crippen LogP) is 1.97. The smallest absolute Gasteiger partial charge is 0.321 e. The Kier molecular flexibility index (Phi) is 5.88. The summed E-state index contributed by atoms with van der Waals surface area (Å²) in [4.78, 5) is 27.6. The van der Waals surface area contributed by atoms with Gasteiger partial charge in [0, 0.05) is 57.6 Å². The van der Waals surface area contributed by atoms with Gasteiger partial charge < -0.3 is 20.3 Å². The highest BCUT2D eigenvalue weighted by molar-refractivity contribution is 5.91. The fourth-order valence-corrected chi connectivity index (χ4v) is 3.25. The number of nitrogens with zero attached hydrogens (tertiary/aromatic N) is 2. The van der Waals surface area contributed by atoms with Crippen LogP contribution in [0.15, 0.2) is 24.3 Å². The van der Waals surface area contributed by atoms with Gasteiger partial charge >= 0.3 is 6.03 Å². The van der Waals surface area contributed by atoms with Crippen molar-refractivity contribution in [1.82, 2.24) is 9.80 Å². The molecule has 0 aromatic heterocycles. The fraction of sp³-hybridized carbons (Fsp3) is 0.556. The fourth-order valence-electron chi connectivity index (χ4n) is 3.25. The van der Waals surface area contributed by atoms with Gasteiger partial charge in [-0.15, -0.1) is 0 Å². The molecule has 1 atom stereocenters. The van der Waals surface area contributed by atoms with Crippen molar-refractivity contribution in [3.05, 3.63) is 24.3 Å². The van der Waals surface area contributed by atoms with Crippen LogP contribution in [0.1, 0.15) is 19.8 Å². The molecule has 0 saturated carbocycles. The Morgan fingerprint density at radius 2 is 1.72 bits per heavy atom. The lowest BCUT2D eigenvalue weighted by atomic mass is 10.2. The molecule has 25 heavy (non-hydrogen) atoms. The Bertz CT molecular complexity index is 591. The number of ether oxygens (including phenoxy) is 1. The van der Waals surface area contributed by atoms with Crippen molar-refractivity contribution in [2.24, 2.45) is 0 Å². The Labute approximate surface area is 148 Å². The third-order valence-electron chi connectivity index (χ3n) is 4.60. The van der Waals surface area contributed by atoms with Crippen LogP contribution in [0.3, 0.4) is 0 Å². The number of benzene rings is 1. The van der Waals surface area contributed by atoms with Gasteiger partial charge in [-0.1, -0.05) is 0 Å². The first-order valence-electron chi connectivity index (χ1n) is 8.88. The van der Waals surface area contributed by atoms with Crippen molar-refractivity contribution in [2.75, 3.05) is 50.0 Å². The van der Waals surface area contributed by atoms with Crippen LogP contribution in [0.2, 0.25) is 0 Å². The predicted molar refractivity (Wildman–Crippen MR) is 96.8 cm³/mol. The molecule has 0 spiro atoms. The molecular formula is C18H26N4O3. The highest BCUT2D eigenvalue weighted by Crippen LogP contribution is 2.16. The molecule has 3 amide bonds. The second-order valence-electron chi connectivity index (χ2n) is 6.61. The minimum absolute atomic E-state index is 0.0796. The third-order valence-corrected chi connectivity index (χ3v) is 4.60. The zero-order chi connectivity index (χ0) is 17.6. The van der Waals surface area contributed by atoms with Gasteiger partial charge in [-0.2, -0.15) is 0 Å². The summed E-state index contributed by atoms with van der Waals surface area (Å²) < 4.78 is 5.68. The van der Waals surface area contributed by atoms with E-state index < -0.39 is 0 Å². The quantitative estimate of drug-likeness (QED) is 0.874. The van der Waals surface area contributed by atoms with E-state index in [4.69, 9.17) is 4.74 Å². The van der Waals surface area contributed by atoms with E-state index in [-0.39, 0.29) is 11.9 Å². The maximum Gasteiger partial charge on any atom is 0.321 e. The largest absolute Gasteiger partial charge is 0.377 e. The molecule has 2 fully saturated rings. The normalized spacial score (nSPS) is 21.2. The summed E-state index contributed by atoms with van der Waals surface area (Å²) in [5.41, 5.74) is 1.44. The molecule has 0 radical (unpaired) electrons. The maximum absolute atomic E-state index is 12.4. The van der Waals surface area contributed by atoms with Gasteiger partial charge in [0.05, 0.1) is 6.10 Å². The van der Waals surface area contributed by atoms with Gasteiger partial charge in [0.2, 0.25) is 5.91 Å². The molecule has 0 bridgehead atoms. The number of hydrogen-bond donors (Lipinski definition) is 2. The molecule has 1 unspecified atom stereocenters. The van der Waals surface area contributed by atoms with Crippen LogP contribution < -0.4 is 10.6 Å². The van der Waals surface area contributed by atoms with Crippen molar-refractivity contribution in [3.8, 4) is 0 Å². The Hall–Kier alpha value is -2.12. The number of rotatable bonds is 4. The molecule has 1 aromatic carbocycles. The standard InChI is InChI=1S/C18H26N4O3/c1-14(23)19-15-4-6-16(7-5-15)20-18(24)22-10-8-21(9-11-22)13-17-3-2-12-25-17/h4-7,17H,2-3,8-13H2,1H3,(H,19,23)(H,20,24). The molecule has 1 aromatic rings. The Morgan fingerprint density at radius 3 is 2.28 bits per heavy atom. The molecule has 2 heterocycles. The molecule has 136 valence electrons. The van der Waals surface area contributed by atoms with Crippen LogP contribution in [0.5, 0.6) is 0 Å². The first kappa shape index (κ1) is 17.7. The van der Waals surface area contributed by atoms with Gasteiger partial charge in [0.15, 0.2) is 0 Å². The first-order valence-corrected chi connectivity index (χ1v) is 8.88. The highest BCUT2D eigenvalue weighted by Gasteiger charge is 2.24. The molecule has 7 heteroatoms. The van der Waals surface area contributed by atoms with Crippen molar-refractivity contribution < 1.29 is 14.3 Å². The topological polar surface area (TPSA) is 73.9 Å². The van der Waals surface area contributed by atoms with E-state index >= 15 is 0 Å². The highest BCUT2D eigenvalue weighted by atomic mass is 16.5. The summed E-state index contributed by atoms with van der Waals surface area (Å²) >= 11 is 0. The Morgan fingerprint density at radius 1 is 1.08 bits per heavy atom. The number of piperazine rings is 1. The van der Waals surface area contributed by atoms with E-state index in [1.54, 1.807) is 24.3 Å². The molecule has 0 aliphatic carbocycles. The van der Waals surface area contributed by atoms with Gasteiger partial charge in [-0.05, 0) is 37.1 Å². The number of urea groups is 1. The lowest BCUT2D eigenvalue weighted by Crippen LogP contribution is -2.51. The second-order valence-corrected chi connectivity index (χ2v) is 6.61. The summed E-state index contributed by atoms with van der Waals surface area (Å²) in [7, 11) is 0. The number of nitrogens with one attached hydrogen (secondary N) is 2. The summed E-state index contributed by atoms with van der Waals surface area (Å²) in [5.74, 6) is -0.113. The van der Waals surface area contributed by atoms with E-state index in [0.717, 1.165) is 57.9 Å². The van der Waals surface area contributed by atoms with Gasteiger partial charge in [-0.25, -0.2) is 4.79 Å². The number of carbonyl (C=O) groups excluding carboxylic acids is 2. The van der Waals surface area contributed by atoms with Crippen LogP contribution in [-0.4, -0.2) is 67.2 Å². The van der Waals surface area contributed by atoms with Crippen molar-refractivity contribution >= 4 is 23.3 Å². The molecule has 2 aliphatic heterocycles. The number of amides is 3. The monoisotopic (exact) mass is 346 g/mol. The minimum atomic E-state index is -0.113. The average molecular weight is 346 g/mol. The summed E-state index contributed by atoms with van der Waals surface area (Å²) in [6.07, 6.45) is 2.67. The van der Waals surface area contributed by atoms with E-state index in [1.807, 2.05) is 4.90 Å². The SMILES string of the molecule is CC(=O)Nc1ccc(NC(=O)N2CCN(CC3CCCO3)CC2)cc1. The average Bonchev–Trinajstić information content (AvgIpc) is 3.10. The first-order chi connectivity index (χ1) is 12.1.